The Labute approximate surface area is 37.8 Å². The summed E-state index contributed by atoms with van der Waals surface area (Å²) >= 11 is 0. The summed E-state index contributed by atoms with van der Waals surface area (Å²) in [5.74, 6) is 0. The van der Waals surface area contributed by atoms with Gasteiger partial charge in [-0.3, -0.25) is 4.79 Å². The first-order chi connectivity index (χ1) is 2.81. The lowest BCUT2D eigenvalue weighted by atomic mass is 10.7. The van der Waals surface area contributed by atoms with E-state index in [9.17, 15) is 4.79 Å². The lowest BCUT2D eigenvalue weighted by molar-refractivity contribution is -0.115. The smallest absolute Gasteiger partial charge is 0.209 e. The van der Waals surface area contributed by atoms with E-state index in [0.29, 0.717) is 13.0 Å². The fourth-order valence-electron chi connectivity index (χ4n) is 0.0745. The van der Waals surface area contributed by atoms with Crippen LogP contribution in [0.3, 0.4) is 0 Å². The predicted octanol–water partition coefficient (Wildman–Crippen LogP) is 0.256. The van der Waals surface area contributed by atoms with Crippen LogP contribution in [0.25, 0.3) is 0 Å². The van der Waals surface area contributed by atoms with Gasteiger partial charge in [-0.05, 0) is 6.92 Å². The van der Waals surface area contributed by atoms with E-state index in [-0.39, 0.29) is 0 Å². The van der Waals surface area contributed by atoms with Crippen LogP contribution >= 0.6 is 0 Å². The molecule has 0 atom stereocenters. The van der Waals surface area contributed by atoms with Gasteiger partial charge in [-0.15, -0.1) is 0 Å². The van der Waals surface area contributed by atoms with Crippen LogP contribution < -0.4 is 0 Å². The van der Waals surface area contributed by atoms with Crippen molar-refractivity contribution in [3.05, 3.63) is 7.05 Å². The van der Waals surface area contributed by atoms with E-state index in [4.69, 9.17) is 0 Å². The van der Waals surface area contributed by atoms with Gasteiger partial charge in [-0.2, -0.15) is 0 Å². The van der Waals surface area contributed by atoms with Gasteiger partial charge in [0, 0.05) is 13.6 Å². The summed E-state index contributed by atoms with van der Waals surface area (Å²) in [4.78, 5) is 10.9. The standard InChI is InChI=1S/C4H8NO/c1-3-5(2)4-6/h4H,2-3H2,1H3. The molecule has 0 N–H and O–H groups in total. The van der Waals surface area contributed by atoms with Crippen molar-refractivity contribution < 1.29 is 4.79 Å². The third-order valence-corrected chi connectivity index (χ3v) is 0.555. The summed E-state index contributed by atoms with van der Waals surface area (Å²) < 4.78 is 0. The van der Waals surface area contributed by atoms with Crippen LogP contribution in [0.5, 0.6) is 0 Å². The Morgan fingerprint density at radius 3 is 2.50 bits per heavy atom. The summed E-state index contributed by atoms with van der Waals surface area (Å²) in [6.07, 6.45) is 0.694. The number of carbonyl (C=O) groups is 1. The zero-order valence-corrected chi connectivity index (χ0v) is 3.85. The Hall–Kier alpha value is -0.530. The molecule has 0 bridgehead atoms. The SMILES string of the molecule is [CH2]N(C=O)CC. The third-order valence-electron chi connectivity index (χ3n) is 0.555. The first-order valence-corrected chi connectivity index (χ1v) is 1.83. The monoisotopic (exact) mass is 86.1 g/mol. The summed E-state index contributed by atoms with van der Waals surface area (Å²) in [5, 5.41) is 0. The Morgan fingerprint density at radius 1 is 2.00 bits per heavy atom. The zero-order valence-electron chi connectivity index (χ0n) is 3.85. The van der Waals surface area contributed by atoms with Crippen molar-refractivity contribution >= 4 is 6.41 Å². The van der Waals surface area contributed by atoms with E-state index in [1.807, 2.05) is 6.92 Å². The topological polar surface area (TPSA) is 20.3 Å². The molecule has 0 aliphatic heterocycles. The molecule has 0 aliphatic rings. The van der Waals surface area contributed by atoms with Gasteiger partial charge in [0.05, 0.1) is 0 Å². The molecule has 1 amide bonds. The maximum Gasteiger partial charge on any atom is 0.209 e. The molecule has 0 aromatic rings. The molecule has 35 valence electrons. The van der Waals surface area contributed by atoms with Crippen LogP contribution in [0, 0.1) is 7.05 Å². The van der Waals surface area contributed by atoms with Crippen LogP contribution in [0.15, 0.2) is 0 Å². The summed E-state index contributed by atoms with van der Waals surface area (Å²) in [7, 11) is 3.34. The van der Waals surface area contributed by atoms with Crippen LogP contribution in [-0.4, -0.2) is 17.9 Å². The number of nitrogens with zero attached hydrogens (tertiary/aromatic N) is 1. The highest BCUT2D eigenvalue weighted by atomic mass is 16.1. The highest BCUT2D eigenvalue weighted by Crippen LogP contribution is 1.69. The van der Waals surface area contributed by atoms with Gasteiger partial charge in [0.15, 0.2) is 0 Å². The minimum Gasteiger partial charge on any atom is -0.344 e. The molecule has 0 rings (SSSR count). The van der Waals surface area contributed by atoms with E-state index in [1.165, 1.54) is 4.90 Å². The molecule has 0 fully saturated rings. The van der Waals surface area contributed by atoms with E-state index in [1.54, 1.807) is 0 Å². The number of rotatable bonds is 2. The number of amides is 1. The largest absolute Gasteiger partial charge is 0.344 e. The maximum atomic E-state index is 9.60. The summed E-state index contributed by atoms with van der Waals surface area (Å²) in [5.41, 5.74) is 0. The molecule has 2 nitrogen and oxygen atoms in total. The van der Waals surface area contributed by atoms with E-state index < -0.39 is 0 Å². The van der Waals surface area contributed by atoms with Crippen molar-refractivity contribution in [1.82, 2.24) is 4.90 Å². The molecule has 0 saturated carbocycles. The lowest BCUT2D eigenvalue weighted by Crippen LogP contribution is -2.10. The molecule has 2 heteroatoms. The van der Waals surface area contributed by atoms with Crippen LogP contribution in [0.2, 0.25) is 0 Å². The van der Waals surface area contributed by atoms with Crippen molar-refractivity contribution in [2.45, 2.75) is 6.92 Å². The average Bonchev–Trinajstić information content (AvgIpc) is 1.65. The molecular weight excluding hydrogens is 78.0 g/mol. The van der Waals surface area contributed by atoms with Gasteiger partial charge < -0.3 is 4.90 Å². The van der Waals surface area contributed by atoms with Gasteiger partial charge in [0.25, 0.3) is 0 Å². The molecule has 0 unspecified atom stereocenters. The summed E-state index contributed by atoms with van der Waals surface area (Å²) in [6, 6.07) is 0. The Kier molecular flexibility index (Phi) is 2.46. The van der Waals surface area contributed by atoms with Gasteiger partial charge in [-0.1, -0.05) is 0 Å². The molecule has 0 spiro atoms. The second-order valence-electron chi connectivity index (χ2n) is 1.01. The summed E-state index contributed by atoms with van der Waals surface area (Å²) in [6.45, 7) is 2.55. The van der Waals surface area contributed by atoms with Crippen LogP contribution in [0.1, 0.15) is 6.92 Å². The van der Waals surface area contributed by atoms with E-state index in [2.05, 4.69) is 7.05 Å². The fourth-order valence-corrected chi connectivity index (χ4v) is 0.0745. The highest BCUT2D eigenvalue weighted by Gasteiger charge is 1.79. The highest BCUT2D eigenvalue weighted by molar-refractivity contribution is 5.46. The minimum absolute atomic E-state index is 0.684. The third kappa shape index (κ3) is 1.76. The Balaban J connectivity index is 2.96. The van der Waals surface area contributed by atoms with Crippen molar-refractivity contribution in [2.75, 3.05) is 6.54 Å². The van der Waals surface area contributed by atoms with E-state index >= 15 is 0 Å². The number of hydrogen-bond donors (Lipinski definition) is 0. The normalized spacial score (nSPS) is 7.67. The van der Waals surface area contributed by atoms with Gasteiger partial charge in [0.2, 0.25) is 6.41 Å². The number of hydrogen-bond acceptors (Lipinski definition) is 1. The molecule has 0 saturated heterocycles. The van der Waals surface area contributed by atoms with Crippen molar-refractivity contribution in [3.63, 3.8) is 0 Å². The van der Waals surface area contributed by atoms with Crippen LogP contribution in [-0.2, 0) is 4.79 Å². The second-order valence-corrected chi connectivity index (χ2v) is 1.01. The Morgan fingerprint density at radius 2 is 2.50 bits per heavy atom. The van der Waals surface area contributed by atoms with Crippen molar-refractivity contribution in [3.8, 4) is 0 Å². The minimum atomic E-state index is 0.684. The first-order valence-electron chi connectivity index (χ1n) is 1.83. The van der Waals surface area contributed by atoms with Crippen molar-refractivity contribution in [2.24, 2.45) is 0 Å². The number of carbonyl (C=O) groups excluding carboxylic acids is 1. The fraction of sp³-hybridized carbons (Fsp3) is 0.500. The molecule has 0 aromatic heterocycles. The zero-order chi connectivity index (χ0) is 4.99. The van der Waals surface area contributed by atoms with Gasteiger partial charge in [0.1, 0.15) is 0 Å². The van der Waals surface area contributed by atoms with E-state index in [0.717, 1.165) is 0 Å². The first kappa shape index (κ1) is 5.47. The van der Waals surface area contributed by atoms with Crippen LogP contribution in [0.4, 0.5) is 0 Å². The van der Waals surface area contributed by atoms with Gasteiger partial charge in [-0.25, -0.2) is 0 Å². The van der Waals surface area contributed by atoms with Crippen molar-refractivity contribution in [1.29, 1.82) is 0 Å². The molecular formula is C4H8NO. The molecule has 6 heavy (non-hydrogen) atoms. The Bertz CT molecular complexity index is 44.8. The average molecular weight is 86.1 g/mol. The molecule has 1 radical (unpaired) electrons. The molecule has 0 aromatic carbocycles. The quantitative estimate of drug-likeness (QED) is 0.441. The molecule has 0 aliphatic carbocycles. The molecule has 0 heterocycles. The maximum absolute atomic E-state index is 9.60. The second kappa shape index (κ2) is 2.69. The van der Waals surface area contributed by atoms with Gasteiger partial charge >= 0.3 is 0 Å². The lowest BCUT2D eigenvalue weighted by Gasteiger charge is -2.01. The predicted molar refractivity (Wildman–Crippen MR) is 23.8 cm³/mol.